The third-order valence-corrected chi connectivity index (χ3v) is 16.6. The van der Waals surface area contributed by atoms with E-state index in [2.05, 4.69) is 16.0 Å². The average Bonchev–Trinajstić information content (AvgIpc) is 0.800. The second-order valence-corrected chi connectivity index (χ2v) is 23.2. The first-order valence-corrected chi connectivity index (χ1v) is 29.0. The first-order chi connectivity index (χ1) is 42.8. The molecular formula is C51H85N3O37. The maximum atomic E-state index is 13.4. The molecule has 526 valence electrons. The van der Waals surface area contributed by atoms with Gasteiger partial charge in [0.2, 0.25) is 17.7 Å². The number of aliphatic hydroxyl groups excluding tert-OH is 19. The molecule has 0 aromatic rings. The molecule has 3 amide bonds. The minimum atomic E-state index is -3.28. The van der Waals surface area contributed by atoms with Crippen LogP contribution in [0, 0.1) is 0 Å². The van der Waals surface area contributed by atoms with Gasteiger partial charge in [-0.1, -0.05) is 0 Å². The van der Waals surface area contributed by atoms with E-state index in [1.165, 1.54) is 13.8 Å². The van der Waals surface area contributed by atoms with Crippen LogP contribution < -0.4 is 16.0 Å². The Hall–Kier alpha value is -3.40. The lowest BCUT2D eigenvalue weighted by atomic mass is 9.88. The number of hydrogen-bond donors (Lipinski definition) is 23. The lowest BCUT2D eigenvalue weighted by molar-refractivity contribution is -0.400. The van der Waals surface area contributed by atoms with Gasteiger partial charge in [0.1, 0.15) is 152 Å². The first-order valence-electron chi connectivity index (χ1n) is 29.0. The van der Waals surface area contributed by atoms with E-state index in [1.54, 1.807) is 0 Å². The summed E-state index contributed by atoms with van der Waals surface area (Å²) in [6.45, 7) is -0.361. The molecule has 40 heteroatoms. The van der Waals surface area contributed by atoms with Gasteiger partial charge in [0.15, 0.2) is 37.7 Å². The molecule has 7 aliphatic rings. The normalized spacial score (nSPS) is 48.0. The molecule has 7 saturated heterocycles. The summed E-state index contributed by atoms with van der Waals surface area (Å²) < 4.78 is 76.9. The molecule has 7 fully saturated rings. The molecule has 40 nitrogen and oxygen atoms in total. The van der Waals surface area contributed by atoms with E-state index in [4.69, 9.17) is 61.6 Å². The number of nitrogens with one attached hydrogen (secondary N) is 3. The lowest BCUT2D eigenvalue weighted by Gasteiger charge is -2.52. The van der Waals surface area contributed by atoms with Crippen molar-refractivity contribution in [2.75, 3.05) is 33.0 Å². The molecule has 0 saturated carbocycles. The quantitative estimate of drug-likeness (QED) is 0.0452. The number of carbonyl (C=O) groups is 4. The SMILES string of the molecule is CC(=O)N[C@@H]1[C@@H](O[C@@H]2O[C@@H](C)[C@@H](O)[C@@H](O)[C@@H]2O)[C@H](O[C@@H]2O[C@H](CO)[C@H](O)[C@H](O[C@@H]3O[C@H](CO)[C@@H](O[C@@H]4O[C@H](CO)[C@H](O)[C@H](O[C@]5(C(=O)O)C[C@H](O)[C@@H](NC(C)=O)[C@H]([C@H](O)[C@H](O)CO)O5)[C@H]4O)[C@H](O[C@@H]4O[C@@H](C)[C@@H](O)[C@@H](O)[C@@H]4O)[C@H]3NC(C)=O)[C@H]2O)[C@@H](CO)O[C@H]1O. The van der Waals surface area contributed by atoms with Crippen LogP contribution in [0.5, 0.6) is 0 Å². The number of carbonyl (C=O) groups excluding carboxylic acids is 3. The number of carboxylic acids is 1. The van der Waals surface area contributed by atoms with Gasteiger partial charge < -0.3 is 180 Å². The van der Waals surface area contributed by atoms with Crippen LogP contribution in [-0.2, 0) is 80.8 Å². The van der Waals surface area contributed by atoms with Crippen molar-refractivity contribution in [1.82, 2.24) is 16.0 Å². The highest BCUT2D eigenvalue weighted by Crippen LogP contribution is 2.41. The van der Waals surface area contributed by atoms with Crippen molar-refractivity contribution >= 4 is 23.7 Å². The fraction of sp³-hybridized carbons (Fsp3) is 0.922. The largest absolute Gasteiger partial charge is 0.477 e. The zero-order valence-corrected chi connectivity index (χ0v) is 49.3. The number of carboxylic acid groups (broad SMARTS) is 1. The smallest absolute Gasteiger partial charge is 0.364 e. The van der Waals surface area contributed by atoms with Crippen molar-refractivity contribution in [1.29, 1.82) is 0 Å². The molecule has 7 aliphatic heterocycles. The molecule has 23 N–H and O–H groups in total. The van der Waals surface area contributed by atoms with Crippen molar-refractivity contribution in [3.63, 3.8) is 0 Å². The number of ether oxygens (including phenoxy) is 13. The summed E-state index contributed by atoms with van der Waals surface area (Å²) in [5.41, 5.74) is 0. The van der Waals surface area contributed by atoms with E-state index in [0.29, 0.717) is 0 Å². The van der Waals surface area contributed by atoms with Crippen molar-refractivity contribution < 1.29 is 183 Å². The second-order valence-electron chi connectivity index (χ2n) is 23.2. The van der Waals surface area contributed by atoms with E-state index in [-0.39, 0.29) is 0 Å². The highest BCUT2D eigenvalue weighted by atomic mass is 16.8. The Labute approximate surface area is 516 Å². The van der Waals surface area contributed by atoms with E-state index in [9.17, 15) is 121 Å². The Kier molecular flexibility index (Phi) is 26.1. The van der Waals surface area contributed by atoms with Gasteiger partial charge in [-0.15, -0.1) is 0 Å². The van der Waals surface area contributed by atoms with Crippen molar-refractivity contribution in [2.24, 2.45) is 0 Å². The van der Waals surface area contributed by atoms with Gasteiger partial charge in [-0.05, 0) is 13.8 Å². The number of aliphatic carboxylic acids is 1. The Morgan fingerprint density at radius 1 is 0.451 bits per heavy atom. The lowest BCUT2D eigenvalue weighted by Crippen LogP contribution is -2.72. The highest BCUT2D eigenvalue weighted by molar-refractivity contribution is 5.77. The molecule has 0 radical (unpaired) electrons. The summed E-state index contributed by atoms with van der Waals surface area (Å²) in [5.74, 6) is -8.09. The maximum absolute atomic E-state index is 13.4. The van der Waals surface area contributed by atoms with E-state index < -0.39 is 284 Å². The van der Waals surface area contributed by atoms with Crippen LogP contribution in [0.3, 0.4) is 0 Å². The molecule has 0 aromatic carbocycles. The molecule has 7 heterocycles. The van der Waals surface area contributed by atoms with Crippen LogP contribution in [0.1, 0.15) is 41.0 Å². The molecule has 0 aliphatic carbocycles. The van der Waals surface area contributed by atoms with Gasteiger partial charge in [0, 0.05) is 27.2 Å². The van der Waals surface area contributed by atoms with Gasteiger partial charge in [-0.2, -0.15) is 0 Å². The van der Waals surface area contributed by atoms with Crippen LogP contribution in [-0.4, -0.2) is 379 Å². The van der Waals surface area contributed by atoms with Gasteiger partial charge in [0.05, 0.1) is 57.4 Å². The second kappa shape index (κ2) is 31.6. The average molecular weight is 1330 g/mol. The monoisotopic (exact) mass is 1330 g/mol. The predicted octanol–water partition coefficient (Wildman–Crippen LogP) is -14.6. The summed E-state index contributed by atoms with van der Waals surface area (Å²) >= 11 is 0. The van der Waals surface area contributed by atoms with E-state index in [0.717, 1.165) is 20.8 Å². The van der Waals surface area contributed by atoms with Gasteiger partial charge in [-0.3, -0.25) is 14.4 Å². The summed E-state index contributed by atoms with van der Waals surface area (Å²) in [4.78, 5) is 51.4. The summed E-state index contributed by atoms with van der Waals surface area (Å²) in [5, 5.41) is 227. The fourth-order valence-electron chi connectivity index (χ4n) is 11.8. The highest BCUT2D eigenvalue weighted by Gasteiger charge is 2.62. The third kappa shape index (κ3) is 16.2. The zero-order valence-electron chi connectivity index (χ0n) is 49.3. The van der Waals surface area contributed by atoms with Gasteiger partial charge in [0.25, 0.3) is 5.79 Å². The minimum Gasteiger partial charge on any atom is -0.477 e. The van der Waals surface area contributed by atoms with Crippen LogP contribution >= 0.6 is 0 Å². The summed E-state index contributed by atoms with van der Waals surface area (Å²) in [6, 6.07) is -5.46. The van der Waals surface area contributed by atoms with Crippen molar-refractivity contribution in [3.8, 4) is 0 Å². The van der Waals surface area contributed by atoms with Crippen LogP contribution in [0.2, 0.25) is 0 Å². The number of amides is 3. The topological polar surface area (TPSA) is 629 Å². The predicted molar refractivity (Wildman–Crippen MR) is 281 cm³/mol. The van der Waals surface area contributed by atoms with E-state index in [1.807, 2.05) is 0 Å². The van der Waals surface area contributed by atoms with Crippen molar-refractivity contribution in [3.05, 3.63) is 0 Å². The van der Waals surface area contributed by atoms with Crippen LogP contribution in [0.4, 0.5) is 0 Å². The maximum Gasteiger partial charge on any atom is 0.364 e. The molecular weight excluding hydrogens is 1250 g/mol. The zero-order chi connectivity index (χ0) is 67.6. The molecule has 0 unspecified atom stereocenters. The summed E-state index contributed by atoms with van der Waals surface area (Å²) in [6.07, 6.45) is -66.4. The number of aliphatic hydroxyl groups is 19. The standard InChI is InChI=1S/C51H85N3O37/c1-12-26(65)31(70)33(72)46(79-12)87-40-24(53-15(4)61)44(76)81-21(10-58)37(40)85-48-35(74)42(29(68)19(8-56)82-48)89-45-25(54-16(5)62)41(88-47-34(73)32(71)27(66)13(2)80-47)38(22(11-59)84-45)86-49-36(75)43(30(69)20(9-57)83-49)91-51(50(77)78)6-17(63)23(52-14(3)60)39(90-51)28(67)18(64)7-55/h12-13,17-49,55-59,63-76H,6-11H2,1-5H3,(H,52,60)(H,53,61)(H,54,62)(H,77,78)/t12-,13-,17-,18+,19+,20+,21+,22+,23+,24+,25+,26+,27+,28+,29-,30-,31+,32+,33-,34-,35+,36+,37+,38+,39+,40+,41+,42-,43-,44+,45-,46-,47-,48-,49-,51-/m0/s1. The Morgan fingerprint density at radius 3 is 1.29 bits per heavy atom. The molecule has 7 rings (SSSR count). The Balaban J connectivity index is 1.25. The first kappa shape index (κ1) is 75.0. The fourth-order valence-corrected chi connectivity index (χ4v) is 11.8. The molecule has 0 bridgehead atoms. The molecule has 0 spiro atoms. The van der Waals surface area contributed by atoms with Crippen LogP contribution in [0.15, 0.2) is 0 Å². The van der Waals surface area contributed by atoms with E-state index >= 15 is 0 Å². The van der Waals surface area contributed by atoms with Crippen molar-refractivity contribution in [2.45, 2.75) is 261 Å². The van der Waals surface area contributed by atoms with Gasteiger partial charge in [-0.25, -0.2) is 4.79 Å². The van der Waals surface area contributed by atoms with Gasteiger partial charge >= 0.3 is 5.97 Å². The number of hydrogen-bond acceptors (Lipinski definition) is 36. The molecule has 0 aromatic heterocycles. The Bertz CT molecular complexity index is 2380. The van der Waals surface area contributed by atoms with Crippen LogP contribution in [0.25, 0.3) is 0 Å². The summed E-state index contributed by atoms with van der Waals surface area (Å²) in [7, 11) is 0. The molecule has 36 atom stereocenters. The number of rotatable bonds is 23. The minimum absolute atomic E-state index is 0.824. The Morgan fingerprint density at radius 2 is 0.835 bits per heavy atom. The third-order valence-electron chi connectivity index (χ3n) is 16.6. The molecule has 91 heavy (non-hydrogen) atoms.